The van der Waals surface area contributed by atoms with Crippen molar-refractivity contribution in [1.29, 1.82) is 0 Å². The maximum atomic E-state index is 2.20. The normalized spacial score (nSPS) is 25.9. The summed E-state index contributed by atoms with van der Waals surface area (Å²) in [5.74, 6) is 14.7. The van der Waals surface area contributed by atoms with Crippen LogP contribution in [0.5, 0.6) is 0 Å². The maximum Gasteiger partial charge on any atom is 3.00 e. The topological polar surface area (TPSA) is 0 Å². The van der Waals surface area contributed by atoms with E-state index in [-0.39, 0.29) is 33.3 Å². The van der Waals surface area contributed by atoms with Crippen molar-refractivity contribution in [2.24, 2.45) is 0 Å². The molecule has 0 bridgehead atoms. The van der Waals surface area contributed by atoms with Gasteiger partial charge in [-0.2, -0.15) is 0 Å². The number of hydrogen-bond acceptors (Lipinski definition) is 0. The first kappa shape index (κ1) is 25.1. The monoisotopic (exact) mass is 330 g/mol. The van der Waals surface area contributed by atoms with Crippen molar-refractivity contribution < 1.29 is 25.8 Å². The average Bonchev–Trinajstić information content (AvgIpc) is 2.71. The molecule has 2 aliphatic rings. The second-order valence-electron chi connectivity index (χ2n) is 6.25. The first-order chi connectivity index (χ1) is 9.11. The first-order valence-corrected chi connectivity index (χ1v) is 7.50. The molecule has 2 fully saturated rings. The molecule has 0 spiro atoms. The van der Waals surface area contributed by atoms with Gasteiger partial charge >= 0.3 is 25.8 Å². The van der Waals surface area contributed by atoms with Gasteiger partial charge in [-0.1, -0.05) is 69.2 Å². The fourth-order valence-corrected chi connectivity index (χ4v) is 2.81. The largest absolute Gasteiger partial charge is 3.00 e. The van der Waals surface area contributed by atoms with Gasteiger partial charge in [0.1, 0.15) is 0 Å². The molecule has 10 radical (unpaired) electrons. The van der Waals surface area contributed by atoms with Gasteiger partial charge in [-0.05, 0) is 59.2 Å². The van der Waals surface area contributed by atoms with E-state index in [0.717, 1.165) is 0 Å². The maximum absolute atomic E-state index is 2.20. The van der Waals surface area contributed by atoms with Crippen LogP contribution in [0.1, 0.15) is 69.2 Å². The van der Waals surface area contributed by atoms with E-state index in [4.69, 9.17) is 0 Å². The van der Waals surface area contributed by atoms with E-state index in [1.807, 2.05) is 0 Å². The number of hydrogen-bond donors (Lipinski definition) is 0. The molecule has 0 unspecified atom stereocenters. The van der Waals surface area contributed by atoms with Crippen LogP contribution in [0.2, 0.25) is 0 Å². The predicted molar refractivity (Wildman–Crippen MR) is 95.6 cm³/mol. The van der Waals surface area contributed by atoms with Crippen molar-refractivity contribution >= 4 is 0 Å². The Bertz CT molecular complexity index is 181. The van der Waals surface area contributed by atoms with Gasteiger partial charge in [-0.25, -0.2) is 0 Å². The standard InChI is InChI=1S/2C10H15.CH3.Sc/c2*1-6-7(2)9(4)10(5)8(6)3;;/h2*1-5H3;1H3;/q;;-1;+3. The minimum atomic E-state index is 0. The van der Waals surface area contributed by atoms with Gasteiger partial charge in [0, 0.05) is 0 Å². The van der Waals surface area contributed by atoms with Crippen LogP contribution >= 0.6 is 0 Å². The first-order valence-electron chi connectivity index (χ1n) is 7.50. The summed E-state index contributed by atoms with van der Waals surface area (Å²) in [6.45, 7) is 22.0. The Morgan fingerprint density at radius 1 is 0.273 bits per heavy atom. The second kappa shape index (κ2) is 10.00. The molecule has 2 rings (SSSR count). The minimum absolute atomic E-state index is 0. The molecule has 22 heavy (non-hydrogen) atoms. The molecule has 0 aromatic heterocycles. The molecule has 0 nitrogen and oxygen atoms in total. The van der Waals surface area contributed by atoms with Gasteiger partial charge in [-0.3, -0.25) is 0 Å². The molecular formula is C21H33Sc+2. The Morgan fingerprint density at radius 3 is 0.364 bits per heavy atom. The summed E-state index contributed by atoms with van der Waals surface area (Å²) >= 11 is 0. The van der Waals surface area contributed by atoms with Crippen LogP contribution in [-0.4, -0.2) is 0 Å². The van der Waals surface area contributed by atoms with Gasteiger partial charge in [0.15, 0.2) is 0 Å². The van der Waals surface area contributed by atoms with E-state index in [1.165, 1.54) is 59.2 Å². The van der Waals surface area contributed by atoms with Gasteiger partial charge in [-0.15, -0.1) is 0 Å². The van der Waals surface area contributed by atoms with E-state index in [1.54, 1.807) is 0 Å². The quantitative estimate of drug-likeness (QED) is 0.451. The third-order valence-electron chi connectivity index (χ3n) is 5.62. The Labute approximate surface area is 161 Å². The summed E-state index contributed by atoms with van der Waals surface area (Å²) in [6, 6.07) is 0. The molecule has 0 N–H and O–H groups in total. The molecule has 0 aromatic rings. The SMILES string of the molecule is C[C]1[C](C)[C](C)[C](C)[C]1C.C[C]1[C](C)[C](C)[C](C)[C]1C.[CH3-].[Sc+3]. The van der Waals surface area contributed by atoms with Crippen LogP contribution < -0.4 is 0 Å². The van der Waals surface area contributed by atoms with Crippen LogP contribution in [0.4, 0.5) is 0 Å². The van der Waals surface area contributed by atoms with Crippen LogP contribution in [0.15, 0.2) is 0 Å². The van der Waals surface area contributed by atoms with E-state index < -0.39 is 0 Å². The van der Waals surface area contributed by atoms with Crippen LogP contribution in [0, 0.1) is 66.6 Å². The third kappa shape index (κ3) is 4.93. The fourth-order valence-electron chi connectivity index (χ4n) is 2.81. The van der Waals surface area contributed by atoms with Crippen molar-refractivity contribution in [2.75, 3.05) is 0 Å². The molecule has 2 aliphatic carbocycles. The zero-order chi connectivity index (χ0) is 15.8. The van der Waals surface area contributed by atoms with Crippen LogP contribution in [0.3, 0.4) is 0 Å². The second-order valence-corrected chi connectivity index (χ2v) is 6.25. The molecule has 0 aliphatic heterocycles. The smallest absolute Gasteiger partial charge is 0.358 e. The van der Waals surface area contributed by atoms with Crippen molar-refractivity contribution in [2.45, 2.75) is 69.2 Å². The molecule has 0 heterocycles. The Morgan fingerprint density at radius 2 is 0.318 bits per heavy atom. The Hall–Kier alpha value is 0.870. The van der Waals surface area contributed by atoms with Gasteiger partial charge in [0.2, 0.25) is 0 Å². The van der Waals surface area contributed by atoms with Crippen LogP contribution in [-0.2, 0) is 25.8 Å². The molecule has 1 heteroatoms. The fraction of sp³-hybridized carbons (Fsp3) is 0.476. The van der Waals surface area contributed by atoms with E-state index in [0.29, 0.717) is 0 Å². The van der Waals surface area contributed by atoms with E-state index >= 15 is 0 Å². The zero-order valence-corrected chi connectivity index (χ0v) is 18.4. The van der Waals surface area contributed by atoms with E-state index in [2.05, 4.69) is 69.2 Å². The van der Waals surface area contributed by atoms with Crippen LogP contribution in [0.25, 0.3) is 0 Å². The predicted octanol–water partition coefficient (Wildman–Crippen LogP) is 6.39. The molecule has 118 valence electrons. The molecule has 0 amide bonds. The summed E-state index contributed by atoms with van der Waals surface area (Å²) < 4.78 is 0. The van der Waals surface area contributed by atoms with Crippen molar-refractivity contribution in [3.63, 3.8) is 0 Å². The molecule has 2 saturated carbocycles. The Kier molecular flexibility index (Phi) is 11.4. The van der Waals surface area contributed by atoms with Gasteiger partial charge in [0.05, 0.1) is 0 Å². The average molecular weight is 330 g/mol. The van der Waals surface area contributed by atoms with Crippen molar-refractivity contribution in [3.05, 3.63) is 66.6 Å². The summed E-state index contributed by atoms with van der Waals surface area (Å²) in [5.41, 5.74) is 0. The summed E-state index contributed by atoms with van der Waals surface area (Å²) in [5, 5.41) is 0. The van der Waals surface area contributed by atoms with E-state index in [9.17, 15) is 0 Å². The summed E-state index contributed by atoms with van der Waals surface area (Å²) in [6.07, 6.45) is 0. The summed E-state index contributed by atoms with van der Waals surface area (Å²) in [4.78, 5) is 0. The van der Waals surface area contributed by atoms with Crippen molar-refractivity contribution in [1.82, 2.24) is 0 Å². The molecule has 0 atom stereocenters. The van der Waals surface area contributed by atoms with Gasteiger partial charge < -0.3 is 7.43 Å². The molecular weight excluding hydrogens is 297 g/mol. The van der Waals surface area contributed by atoms with Gasteiger partial charge in [0.25, 0.3) is 0 Å². The molecule has 0 saturated heterocycles. The Balaban J connectivity index is 0. The number of rotatable bonds is 0. The third-order valence-corrected chi connectivity index (χ3v) is 5.62. The summed E-state index contributed by atoms with van der Waals surface area (Å²) in [7, 11) is 0. The minimum Gasteiger partial charge on any atom is -0.358 e. The van der Waals surface area contributed by atoms with Crippen molar-refractivity contribution in [3.8, 4) is 0 Å². The zero-order valence-electron chi connectivity index (χ0n) is 16.6. The molecule has 0 aromatic carbocycles.